The molecule has 2 rings (SSSR count). The molecule has 0 unspecified atom stereocenters. The molecular formula is C14H15FN2O. The minimum absolute atomic E-state index is 0.0673. The van der Waals surface area contributed by atoms with Crippen LogP contribution in [0.2, 0.25) is 0 Å². The minimum atomic E-state index is -0.310. The van der Waals surface area contributed by atoms with Gasteiger partial charge in [-0.1, -0.05) is 6.07 Å². The number of hydrogen-bond donors (Lipinski definition) is 1. The molecule has 0 amide bonds. The van der Waals surface area contributed by atoms with Crippen LogP contribution in [0.3, 0.4) is 0 Å². The Bertz CT molecular complexity index is 619. The Labute approximate surface area is 105 Å². The second-order valence-electron chi connectivity index (χ2n) is 4.29. The Balaban J connectivity index is 2.37. The van der Waals surface area contributed by atoms with Gasteiger partial charge in [-0.25, -0.2) is 4.39 Å². The zero-order valence-corrected chi connectivity index (χ0v) is 10.2. The molecule has 0 aliphatic carbocycles. The van der Waals surface area contributed by atoms with Gasteiger partial charge >= 0.3 is 0 Å². The van der Waals surface area contributed by atoms with Crippen LogP contribution in [-0.2, 0) is 13.1 Å². The van der Waals surface area contributed by atoms with Gasteiger partial charge in [-0.15, -0.1) is 0 Å². The summed E-state index contributed by atoms with van der Waals surface area (Å²) in [5, 5.41) is 0. The highest BCUT2D eigenvalue weighted by Crippen LogP contribution is 2.12. The summed E-state index contributed by atoms with van der Waals surface area (Å²) in [6.07, 6.45) is 1.74. The molecule has 0 spiro atoms. The lowest BCUT2D eigenvalue weighted by atomic mass is 10.1. The van der Waals surface area contributed by atoms with E-state index in [0.717, 1.165) is 16.7 Å². The maximum atomic E-state index is 13.1. The van der Waals surface area contributed by atoms with Gasteiger partial charge < -0.3 is 10.3 Å². The largest absolute Gasteiger partial charge is 0.326 e. The molecule has 0 aliphatic rings. The first-order chi connectivity index (χ1) is 8.60. The number of pyridine rings is 1. The zero-order chi connectivity index (χ0) is 13.1. The summed E-state index contributed by atoms with van der Waals surface area (Å²) < 4.78 is 14.7. The molecule has 4 heteroatoms. The van der Waals surface area contributed by atoms with Crippen LogP contribution in [0.5, 0.6) is 0 Å². The number of benzene rings is 1. The Hall–Kier alpha value is -1.94. The number of aryl methyl sites for hydroxylation is 1. The first kappa shape index (κ1) is 12.5. The molecule has 0 fully saturated rings. The van der Waals surface area contributed by atoms with Crippen molar-refractivity contribution >= 4 is 0 Å². The summed E-state index contributed by atoms with van der Waals surface area (Å²) in [6, 6.07) is 7.91. The number of nitrogens with zero attached hydrogens (tertiary/aromatic N) is 1. The normalized spacial score (nSPS) is 10.6. The topological polar surface area (TPSA) is 48.0 Å². The van der Waals surface area contributed by atoms with Gasteiger partial charge in [-0.3, -0.25) is 4.79 Å². The highest BCUT2D eigenvalue weighted by atomic mass is 19.1. The van der Waals surface area contributed by atoms with Crippen molar-refractivity contribution in [2.75, 3.05) is 0 Å². The Morgan fingerprint density at radius 3 is 2.67 bits per heavy atom. The quantitative estimate of drug-likeness (QED) is 0.897. The first-order valence-corrected chi connectivity index (χ1v) is 5.74. The fraction of sp³-hybridized carbons (Fsp3) is 0.214. The molecule has 0 saturated heterocycles. The van der Waals surface area contributed by atoms with Crippen LogP contribution in [0, 0.1) is 12.7 Å². The van der Waals surface area contributed by atoms with Gasteiger partial charge in [0.25, 0.3) is 5.56 Å². The molecule has 3 nitrogen and oxygen atoms in total. The van der Waals surface area contributed by atoms with E-state index < -0.39 is 0 Å². The van der Waals surface area contributed by atoms with Gasteiger partial charge in [-0.2, -0.15) is 0 Å². The summed E-state index contributed by atoms with van der Waals surface area (Å²) >= 11 is 0. The Morgan fingerprint density at radius 2 is 2.00 bits per heavy atom. The summed E-state index contributed by atoms with van der Waals surface area (Å²) in [5.74, 6) is -0.310. The molecule has 2 N–H and O–H groups in total. The number of rotatable bonds is 3. The standard InChI is InChI=1S/C14H15FN2O/c1-10-4-5-17(14(18)6-10)9-11-2-3-13(15)7-12(11)8-16/h2-7H,8-9,16H2,1H3. The van der Waals surface area contributed by atoms with E-state index >= 15 is 0 Å². The maximum Gasteiger partial charge on any atom is 0.251 e. The van der Waals surface area contributed by atoms with Crippen LogP contribution in [0.1, 0.15) is 16.7 Å². The van der Waals surface area contributed by atoms with Crippen molar-refractivity contribution in [3.63, 3.8) is 0 Å². The molecule has 0 aliphatic heterocycles. The smallest absolute Gasteiger partial charge is 0.251 e. The van der Waals surface area contributed by atoms with Gasteiger partial charge in [0.15, 0.2) is 0 Å². The van der Waals surface area contributed by atoms with Crippen molar-refractivity contribution in [2.24, 2.45) is 5.73 Å². The number of hydrogen-bond acceptors (Lipinski definition) is 2. The Kier molecular flexibility index (Phi) is 3.58. The molecule has 0 bridgehead atoms. The second-order valence-corrected chi connectivity index (χ2v) is 4.29. The SMILES string of the molecule is Cc1ccn(Cc2ccc(F)cc2CN)c(=O)c1. The maximum absolute atomic E-state index is 13.1. The van der Waals surface area contributed by atoms with E-state index in [1.165, 1.54) is 12.1 Å². The van der Waals surface area contributed by atoms with Gasteiger partial charge in [0, 0.05) is 18.8 Å². The van der Waals surface area contributed by atoms with Crippen molar-refractivity contribution in [3.05, 3.63) is 69.4 Å². The van der Waals surface area contributed by atoms with Crippen molar-refractivity contribution in [3.8, 4) is 0 Å². The molecule has 1 aromatic carbocycles. The van der Waals surface area contributed by atoms with Gasteiger partial charge in [-0.05, 0) is 41.8 Å². The third-order valence-electron chi connectivity index (χ3n) is 2.88. The molecule has 18 heavy (non-hydrogen) atoms. The molecule has 0 radical (unpaired) electrons. The van der Waals surface area contributed by atoms with E-state index in [-0.39, 0.29) is 17.9 Å². The number of aromatic nitrogens is 1. The van der Waals surface area contributed by atoms with Crippen LogP contribution in [0.15, 0.2) is 41.3 Å². The Morgan fingerprint density at radius 1 is 1.22 bits per heavy atom. The van der Waals surface area contributed by atoms with Crippen LogP contribution < -0.4 is 11.3 Å². The second kappa shape index (κ2) is 5.14. The van der Waals surface area contributed by atoms with Crippen molar-refractivity contribution in [2.45, 2.75) is 20.0 Å². The summed E-state index contributed by atoms with van der Waals surface area (Å²) in [5.41, 5.74) is 8.03. The zero-order valence-electron chi connectivity index (χ0n) is 10.2. The lowest BCUT2D eigenvalue weighted by molar-refractivity contribution is 0.622. The van der Waals surface area contributed by atoms with Gasteiger partial charge in [0.05, 0.1) is 6.54 Å². The van der Waals surface area contributed by atoms with E-state index in [1.54, 1.807) is 22.9 Å². The van der Waals surface area contributed by atoms with Crippen LogP contribution >= 0.6 is 0 Å². The molecule has 0 atom stereocenters. The lowest BCUT2D eigenvalue weighted by Crippen LogP contribution is -2.20. The lowest BCUT2D eigenvalue weighted by Gasteiger charge is -2.10. The fourth-order valence-corrected chi connectivity index (χ4v) is 1.86. The molecular weight excluding hydrogens is 231 g/mol. The van der Waals surface area contributed by atoms with E-state index in [1.807, 2.05) is 13.0 Å². The van der Waals surface area contributed by atoms with Crippen molar-refractivity contribution in [1.82, 2.24) is 4.57 Å². The van der Waals surface area contributed by atoms with Crippen LogP contribution in [0.4, 0.5) is 4.39 Å². The van der Waals surface area contributed by atoms with Gasteiger partial charge in [0.2, 0.25) is 0 Å². The predicted octanol–water partition coefficient (Wildman–Crippen LogP) is 1.80. The third kappa shape index (κ3) is 2.65. The summed E-state index contributed by atoms with van der Waals surface area (Å²) in [4.78, 5) is 11.8. The molecule has 1 aromatic heterocycles. The monoisotopic (exact) mass is 246 g/mol. The fourth-order valence-electron chi connectivity index (χ4n) is 1.86. The van der Waals surface area contributed by atoms with Gasteiger partial charge in [0.1, 0.15) is 5.82 Å². The highest BCUT2D eigenvalue weighted by Gasteiger charge is 2.04. The van der Waals surface area contributed by atoms with E-state index in [4.69, 9.17) is 5.73 Å². The third-order valence-corrected chi connectivity index (χ3v) is 2.88. The molecule has 1 heterocycles. The van der Waals surface area contributed by atoms with Crippen molar-refractivity contribution in [1.29, 1.82) is 0 Å². The van der Waals surface area contributed by atoms with Crippen molar-refractivity contribution < 1.29 is 4.39 Å². The average Bonchev–Trinajstić information content (AvgIpc) is 2.34. The highest BCUT2D eigenvalue weighted by molar-refractivity contribution is 5.28. The summed E-state index contributed by atoms with van der Waals surface area (Å²) in [6.45, 7) is 2.54. The van der Waals surface area contributed by atoms with Crippen LogP contribution in [-0.4, -0.2) is 4.57 Å². The molecule has 94 valence electrons. The first-order valence-electron chi connectivity index (χ1n) is 5.74. The number of nitrogens with two attached hydrogens (primary N) is 1. The van der Waals surface area contributed by atoms with E-state index in [2.05, 4.69) is 0 Å². The van der Waals surface area contributed by atoms with Crippen LogP contribution in [0.25, 0.3) is 0 Å². The number of halogens is 1. The minimum Gasteiger partial charge on any atom is -0.326 e. The van der Waals surface area contributed by atoms with E-state index in [9.17, 15) is 9.18 Å². The average molecular weight is 246 g/mol. The molecule has 2 aromatic rings. The van der Waals surface area contributed by atoms with E-state index in [0.29, 0.717) is 6.54 Å². The predicted molar refractivity (Wildman–Crippen MR) is 68.8 cm³/mol. The molecule has 0 saturated carbocycles. The summed E-state index contributed by atoms with van der Waals surface area (Å²) in [7, 11) is 0.